The first-order chi connectivity index (χ1) is 32.8. The summed E-state index contributed by atoms with van der Waals surface area (Å²) in [5, 5.41) is 5.98. The van der Waals surface area contributed by atoms with Gasteiger partial charge in [-0.2, -0.15) is 0 Å². The van der Waals surface area contributed by atoms with Crippen LogP contribution >= 0.6 is 0 Å². The molecule has 0 N–H and O–H groups in total. The molecule has 0 aromatic heterocycles. The standard InChI is InChI=1S/C60H41B2N3Si/c1-3-20-43(21-4-1)63-50-28-11-7-24-46(50)62-49-27-10-18-36-58(49)66(59-37-19-33-55(63)60(59)62)56-34-16-8-25-47(56)61(48-26-9-17-35-57(48)66)42-38-40-45(41-39-42)65-53-31-14-12-29-51(53)64(44-22-5-2-6-23-44)52-30-13-15-32-54(52)65/h1-41H. The molecular formula is C60H41B2N3Si. The van der Waals surface area contributed by atoms with Gasteiger partial charge in [0.05, 0.1) is 22.7 Å². The summed E-state index contributed by atoms with van der Waals surface area (Å²) in [6, 6.07) is 93.5. The lowest BCUT2D eigenvalue weighted by molar-refractivity contribution is 1.17. The molecule has 14 rings (SSSR count). The number of anilines is 9. The Labute approximate surface area is 387 Å². The second-order valence-corrected chi connectivity index (χ2v) is 21.6. The van der Waals surface area contributed by atoms with Gasteiger partial charge in [0.25, 0.3) is 0 Å². The van der Waals surface area contributed by atoms with Crippen molar-refractivity contribution in [2.75, 3.05) is 14.7 Å². The van der Waals surface area contributed by atoms with Crippen LogP contribution in [0.1, 0.15) is 0 Å². The summed E-state index contributed by atoms with van der Waals surface area (Å²) < 4.78 is 0. The van der Waals surface area contributed by atoms with E-state index in [0.29, 0.717) is 0 Å². The Kier molecular flexibility index (Phi) is 8.19. The largest absolute Gasteiger partial charge is 0.312 e. The molecule has 6 heteroatoms. The Balaban J connectivity index is 0.957. The molecular weight excluding hydrogens is 812 g/mol. The van der Waals surface area contributed by atoms with Crippen LogP contribution in [0.2, 0.25) is 0 Å². The lowest BCUT2D eigenvalue weighted by atomic mass is 9.34. The van der Waals surface area contributed by atoms with Crippen LogP contribution in [0.15, 0.2) is 249 Å². The third-order valence-corrected chi connectivity index (χ3v) is 19.8. The monoisotopic (exact) mass is 853 g/mol. The lowest BCUT2D eigenvalue weighted by Gasteiger charge is -2.50. The molecule has 0 atom stereocenters. The molecule has 1 spiro atoms. The van der Waals surface area contributed by atoms with Crippen molar-refractivity contribution in [3.05, 3.63) is 249 Å². The van der Waals surface area contributed by atoms with E-state index in [1.165, 1.54) is 70.6 Å². The third-order valence-electron chi connectivity index (χ3n) is 14.8. The second kappa shape index (κ2) is 14.5. The van der Waals surface area contributed by atoms with Crippen molar-refractivity contribution >= 4 is 126 Å². The average Bonchev–Trinajstić information content (AvgIpc) is 3.39. The van der Waals surface area contributed by atoms with E-state index >= 15 is 0 Å². The zero-order chi connectivity index (χ0) is 43.3. The molecule has 4 aliphatic heterocycles. The molecule has 0 unspecified atom stereocenters. The van der Waals surface area contributed by atoms with Crippen molar-refractivity contribution in [3.63, 3.8) is 0 Å². The average molecular weight is 854 g/mol. The van der Waals surface area contributed by atoms with E-state index in [9.17, 15) is 0 Å². The van der Waals surface area contributed by atoms with Crippen molar-refractivity contribution in [2.45, 2.75) is 0 Å². The van der Waals surface area contributed by atoms with Crippen LogP contribution < -0.4 is 68.2 Å². The smallest absolute Gasteiger partial charge is 0.246 e. The maximum absolute atomic E-state index is 2.93. The Morgan fingerprint density at radius 2 is 0.591 bits per heavy atom. The molecule has 0 saturated heterocycles. The number of hydrogen-bond donors (Lipinski definition) is 0. The van der Waals surface area contributed by atoms with Crippen LogP contribution in [-0.4, -0.2) is 21.5 Å². The maximum atomic E-state index is 2.52. The number of rotatable bonds is 4. The van der Waals surface area contributed by atoms with Crippen LogP contribution in [0, 0.1) is 0 Å². The van der Waals surface area contributed by atoms with Gasteiger partial charge in [-0.05, 0) is 104 Å². The van der Waals surface area contributed by atoms with Gasteiger partial charge in [0, 0.05) is 28.4 Å². The maximum Gasteiger partial charge on any atom is 0.246 e. The molecule has 10 aromatic carbocycles. The fourth-order valence-corrected chi connectivity index (χ4v) is 18.1. The van der Waals surface area contributed by atoms with Crippen LogP contribution in [0.5, 0.6) is 0 Å². The van der Waals surface area contributed by atoms with Crippen molar-refractivity contribution < 1.29 is 0 Å². The van der Waals surface area contributed by atoms with Crippen molar-refractivity contribution in [1.29, 1.82) is 0 Å². The molecule has 4 heterocycles. The van der Waals surface area contributed by atoms with E-state index in [-0.39, 0.29) is 13.4 Å². The van der Waals surface area contributed by atoms with E-state index < -0.39 is 8.07 Å². The van der Waals surface area contributed by atoms with Crippen LogP contribution in [-0.2, 0) is 0 Å². The fraction of sp³-hybridized carbons (Fsp3) is 0. The first kappa shape index (κ1) is 37.3. The van der Waals surface area contributed by atoms with Crippen LogP contribution in [0.25, 0.3) is 0 Å². The zero-order valence-corrected chi connectivity index (χ0v) is 37.2. The number of hydrogen-bond acceptors (Lipinski definition) is 3. The van der Waals surface area contributed by atoms with Gasteiger partial charge in [0.15, 0.2) is 8.07 Å². The van der Waals surface area contributed by atoms with Crippen molar-refractivity contribution in [2.24, 2.45) is 0 Å². The molecule has 0 saturated carbocycles. The first-order valence-corrected chi connectivity index (χ1v) is 25.1. The minimum absolute atomic E-state index is 0.0602. The first-order valence-electron chi connectivity index (χ1n) is 23.1. The Bertz CT molecular complexity index is 3450. The number of benzene rings is 10. The van der Waals surface area contributed by atoms with Gasteiger partial charge in [-0.25, -0.2) is 0 Å². The summed E-state index contributed by atoms with van der Waals surface area (Å²) in [5.41, 5.74) is 19.0. The molecule has 10 aromatic rings. The summed E-state index contributed by atoms with van der Waals surface area (Å²) >= 11 is 0. The zero-order valence-electron chi connectivity index (χ0n) is 36.2. The van der Waals surface area contributed by atoms with Crippen molar-refractivity contribution in [3.8, 4) is 0 Å². The number of fused-ring (bicyclic) bond motifs is 12. The van der Waals surface area contributed by atoms with E-state index in [0.717, 1.165) is 34.1 Å². The van der Waals surface area contributed by atoms with E-state index in [2.05, 4.69) is 263 Å². The normalized spacial score (nSPS) is 14.3. The molecule has 0 aliphatic carbocycles. The van der Waals surface area contributed by atoms with Gasteiger partial charge >= 0.3 is 0 Å². The molecule has 3 nitrogen and oxygen atoms in total. The minimum Gasteiger partial charge on any atom is -0.312 e. The van der Waals surface area contributed by atoms with Gasteiger partial charge in [-0.3, -0.25) is 0 Å². The predicted octanol–water partition coefficient (Wildman–Crippen LogP) is 7.76. The Morgan fingerprint density at radius 1 is 0.242 bits per heavy atom. The number of para-hydroxylation sites is 7. The van der Waals surface area contributed by atoms with E-state index in [1.807, 2.05) is 0 Å². The van der Waals surface area contributed by atoms with Gasteiger partial charge in [-0.1, -0.05) is 198 Å². The van der Waals surface area contributed by atoms with Gasteiger partial charge < -0.3 is 14.7 Å². The van der Waals surface area contributed by atoms with E-state index in [4.69, 9.17) is 0 Å². The molecule has 0 amide bonds. The predicted molar refractivity (Wildman–Crippen MR) is 283 cm³/mol. The number of nitrogens with zero attached hydrogens (tertiary/aromatic N) is 3. The highest BCUT2D eigenvalue weighted by atomic mass is 28.3. The van der Waals surface area contributed by atoms with Gasteiger partial charge in [0.2, 0.25) is 13.4 Å². The molecule has 66 heavy (non-hydrogen) atoms. The Hall–Kier alpha value is -8.05. The van der Waals surface area contributed by atoms with E-state index in [1.54, 1.807) is 0 Å². The fourth-order valence-electron chi connectivity index (χ4n) is 12.3. The molecule has 4 aliphatic rings. The summed E-state index contributed by atoms with van der Waals surface area (Å²) in [6.45, 7) is 0.182. The van der Waals surface area contributed by atoms with Gasteiger partial charge in [-0.15, -0.1) is 0 Å². The Morgan fingerprint density at radius 3 is 1.09 bits per heavy atom. The molecule has 0 bridgehead atoms. The SMILES string of the molecule is c1ccc(N2c3ccccc3N(c3ccc(B4c5ccccc5[Si]5(c6ccccc64)c4ccccc4B4c6ccccc6N(c6ccccc6)c6cccc5c64)cc3)c3ccccc32)cc1. The summed E-state index contributed by atoms with van der Waals surface area (Å²) in [6.07, 6.45) is 0. The van der Waals surface area contributed by atoms with Crippen molar-refractivity contribution in [1.82, 2.24) is 0 Å². The highest BCUT2D eigenvalue weighted by molar-refractivity contribution is 7.31. The highest BCUT2D eigenvalue weighted by Gasteiger charge is 2.56. The summed E-state index contributed by atoms with van der Waals surface area (Å²) in [7, 11) is -2.93. The highest BCUT2D eigenvalue weighted by Crippen LogP contribution is 2.53. The second-order valence-electron chi connectivity index (χ2n) is 17.9. The minimum atomic E-state index is -2.93. The molecule has 0 fully saturated rings. The van der Waals surface area contributed by atoms with Crippen LogP contribution in [0.3, 0.4) is 0 Å². The molecule has 306 valence electrons. The summed E-state index contributed by atoms with van der Waals surface area (Å²) in [5.74, 6) is 0. The third kappa shape index (κ3) is 5.10. The quantitative estimate of drug-likeness (QED) is 0.168. The molecule has 0 radical (unpaired) electrons. The lowest BCUT2D eigenvalue weighted by Crippen LogP contribution is -2.93. The van der Waals surface area contributed by atoms with Gasteiger partial charge in [0.1, 0.15) is 0 Å². The summed E-state index contributed by atoms with van der Waals surface area (Å²) in [4.78, 5) is 7.34. The topological polar surface area (TPSA) is 9.72 Å². The van der Waals surface area contributed by atoms with Crippen LogP contribution in [0.4, 0.5) is 51.2 Å².